The molecule has 1 rings (SSSR count). The summed E-state index contributed by atoms with van der Waals surface area (Å²) in [5, 5.41) is 12.3. The predicted molar refractivity (Wildman–Crippen MR) is 66.3 cm³/mol. The molecule has 0 saturated carbocycles. The van der Waals surface area contributed by atoms with E-state index >= 15 is 0 Å². The molecule has 0 aliphatic rings. The number of benzene rings is 1. The molecule has 0 amide bonds. The molecule has 0 aliphatic heterocycles. The third kappa shape index (κ3) is 4.73. The zero-order valence-corrected chi connectivity index (χ0v) is 10.6. The Bertz CT molecular complexity index is 419. The summed E-state index contributed by atoms with van der Waals surface area (Å²) >= 11 is 5.74. The van der Waals surface area contributed by atoms with Gasteiger partial charge in [-0.25, -0.2) is 0 Å². The van der Waals surface area contributed by atoms with E-state index in [-0.39, 0.29) is 6.42 Å². The first kappa shape index (κ1) is 14.5. The minimum absolute atomic E-state index is 0.209. The van der Waals surface area contributed by atoms with Crippen molar-refractivity contribution in [2.45, 2.75) is 19.0 Å². The molecule has 5 nitrogen and oxygen atoms in total. The van der Waals surface area contributed by atoms with E-state index < -0.39 is 18.0 Å². The van der Waals surface area contributed by atoms with E-state index in [9.17, 15) is 9.59 Å². The molecule has 0 heterocycles. The van der Waals surface area contributed by atoms with Crippen molar-refractivity contribution in [3.63, 3.8) is 0 Å². The maximum atomic E-state index is 11.0. The molecule has 6 heteroatoms. The van der Waals surface area contributed by atoms with Gasteiger partial charge in [0.05, 0.1) is 13.5 Å². The van der Waals surface area contributed by atoms with Gasteiger partial charge in [-0.1, -0.05) is 23.7 Å². The average molecular weight is 272 g/mol. The molecule has 2 N–H and O–H groups in total. The molecule has 0 fully saturated rings. The summed E-state index contributed by atoms with van der Waals surface area (Å²) in [6, 6.07) is 6.04. The third-order valence-electron chi connectivity index (χ3n) is 2.36. The minimum atomic E-state index is -1.09. The number of esters is 1. The third-order valence-corrected chi connectivity index (χ3v) is 2.61. The van der Waals surface area contributed by atoms with E-state index in [1.54, 1.807) is 24.3 Å². The fourth-order valence-electron chi connectivity index (χ4n) is 1.34. The number of carboxylic acids is 1. The van der Waals surface area contributed by atoms with Gasteiger partial charge in [-0.05, 0) is 17.7 Å². The molecular weight excluding hydrogens is 258 g/mol. The number of rotatable bonds is 6. The van der Waals surface area contributed by atoms with Crippen molar-refractivity contribution in [3.05, 3.63) is 34.9 Å². The van der Waals surface area contributed by atoms with Gasteiger partial charge in [0.25, 0.3) is 0 Å². The Morgan fingerprint density at radius 2 is 2.00 bits per heavy atom. The highest BCUT2D eigenvalue weighted by molar-refractivity contribution is 6.30. The van der Waals surface area contributed by atoms with Crippen molar-refractivity contribution in [2.75, 3.05) is 7.11 Å². The van der Waals surface area contributed by atoms with E-state index in [4.69, 9.17) is 16.7 Å². The molecule has 1 atom stereocenters. The summed E-state index contributed by atoms with van der Waals surface area (Å²) in [6.07, 6.45) is -0.209. The zero-order valence-electron chi connectivity index (χ0n) is 9.85. The zero-order chi connectivity index (χ0) is 13.5. The van der Waals surface area contributed by atoms with Crippen LogP contribution in [0.5, 0.6) is 0 Å². The molecule has 0 aromatic heterocycles. The Morgan fingerprint density at radius 3 is 2.50 bits per heavy atom. The first-order valence-corrected chi connectivity index (χ1v) is 5.68. The van der Waals surface area contributed by atoms with Crippen LogP contribution in [-0.2, 0) is 20.9 Å². The summed E-state index contributed by atoms with van der Waals surface area (Å²) in [5.74, 6) is -1.65. The first-order valence-electron chi connectivity index (χ1n) is 5.30. The van der Waals surface area contributed by atoms with Crippen LogP contribution in [-0.4, -0.2) is 30.2 Å². The maximum absolute atomic E-state index is 11.0. The van der Waals surface area contributed by atoms with Crippen molar-refractivity contribution in [2.24, 2.45) is 0 Å². The molecule has 1 unspecified atom stereocenters. The van der Waals surface area contributed by atoms with Crippen LogP contribution in [0.3, 0.4) is 0 Å². The first-order chi connectivity index (χ1) is 8.52. The molecular formula is C12H14ClNO4. The van der Waals surface area contributed by atoms with Crippen LogP contribution >= 0.6 is 11.6 Å². The van der Waals surface area contributed by atoms with Crippen molar-refractivity contribution < 1.29 is 19.4 Å². The molecule has 0 spiro atoms. The van der Waals surface area contributed by atoms with Crippen LogP contribution in [0.1, 0.15) is 12.0 Å². The van der Waals surface area contributed by atoms with Gasteiger partial charge in [0.15, 0.2) is 0 Å². The van der Waals surface area contributed by atoms with Crippen LogP contribution in [0, 0.1) is 0 Å². The lowest BCUT2D eigenvalue weighted by molar-refractivity contribution is -0.147. The Morgan fingerprint density at radius 1 is 1.39 bits per heavy atom. The summed E-state index contributed by atoms with van der Waals surface area (Å²) in [5.41, 5.74) is 0.885. The average Bonchev–Trinajstić information content (AvgIpc) is 2.35. The molecule has 0 radical (unpaired) electrons. The number of aliphatic carboxylic acids is 1. The maximum Gasteiger partial charge on any atom is 0.321 e. The molecule has 0 saturated heterocycles. The monoisotopic (exact) mass is 271 g/mol. The van der Waals surface area contributed by atoms with Crippen LogP contribution in [0.25, 0.3) is 0 Å². The molecule has 0 bridgehead atoms. The lowest BCUT2D eigenvalue weighted by atomic mass is 10.1. The predicted octanol–water partition coefficient (Wildman–Crippen LogP) is 1.45. The Hall–Kier alpha value is -1.59. The largest absolute Gasteiger partial charge is 0.480 e. The summed E-state index contributed by atoms with van der Waals surface area (Å²) < 4.78 is 4.44. The number of carboxylic acid groups (broad SMARTS) is 1. The van der Waals surface area contributed by atoms with E-state index in [1.807, 2.05) is 0 Å². The minimum Gasteiger partial charge on any atom is -0.480 e. The molecule has 98 valence electrons. The van der Waals surface area contributed by atoms with Gasteiger partial charge in [-0.15, -0.1) is 0 Å². The van der Waals surface area contributed by atoms with E-state index in [2.05, 4.69) is 10.1 Å². The van der Waals surface area contributed by atoms with E-state index in [0.29, 0.717) is 11.6 Å². The highest BCUT2D eigenvalue weighted by atomic mass is 35.5. The fraction of sp³-hybridized carbons (Fsp3) is 0.333. The van der Waals surface area contributed by atoms with Crippen molar-refractivity contribution in [1.82, 2.24) is 5.32 Å². The Balaban J connectivity index is 2.54. The molecule has 1 aromatic carbocycles. The number of carbonyl (C=O) groups is 2. The topological polar surface area (TPSA) is 75.6 Å². The summed E-state index contributed by atoms with van der Waals surface area (Å²) in [6.45, 7) is 0.338. The Kier molecular flexibility index (Phi) is 5.61. The fourth-order valence-corrected chi connectivity index (χ4v) is 1.47. The van der Waals surface area contributed by atoms with E-state index in [0.717, 1.165) is 5.56 Å². The number of hydrogen-bond donors (Lipinski definition) is 2. The Labute approximate surface area is 110 Å². The van der Waals surface area contributed by atoms with Crippen LogP contribution in [0.4, 0.5) is 0 Å². The van der Waals surface area contributed by atoms with Gasteiger partial charge in [-0.3, -0.25) is 14.9 Å². The quantitative estimate of drug-likeness (QED) is 0.766. The standard InChI is InChI=1S/C12H14ClNO4/c1-18-11(15)6-10(12(16)17)14-7-8-2-4-9(13)5-3-8/h2-5,10,14H,6-7H2,1H3,(H,16,17). The molecule has 0 aliphatic carbocycles. The SMILES string of the molecule is COC(=O)CC(NCc1ccc(Cl)cc1)C(=O)O. The number of halogens is 1. The molecule has 1 aromatic rings. The van der Waals surface area contributed by atoms with Gasteiger partial charge >= 0.3 is 11.9 Å². The summed E-state index contributed by atoms with van der Waals surface area (Å²) in [7, 11) is 1.22. The van der Waals surface area contributed by atoms with Crippen molar-refractivity contribution in [1.29, 1.82) is 0 Å². The lowest BCUT2D eigenvalue weighted by Crippen LogP contribution is -2.38. The molecule has 18 heavy (non-hydrogen) atoms. The van der Waals surface area contributed by atoms with Crippen LogP contribution in [0.15, 0.2) is 24.3 Å². The lowest BCUT2D eigenvalue weighted by Gasteiger charge is -2.13. The normalized spacial score (nSPS) is 11.9. The van der Waals surface area contributed by atoms with Crippen molar-refractivity contribution >= 4 is 23.5 Å². The van der Waals surface area contributed by atoms with Crippen molar-refractivity contribution in [3.8, 4) is 0 Å². The highest BCUT2D eigenvalue weighted by Gasteiger charge is 2.20. The van der Waals surface area contributed by atoms with Gasteiger partial charge in [0.1, 0.15) is 6.04 Å². The smallest absolute Gasteiger partial charge is 0.321 e. The number of carbonyl (C=O) groups excluding carboxylic acids is 1. The van der Waals surface area contributed by atoms with Gasteiger partial charge in [0.2, 0.25) is 0 Å². The second-order valence-electron chi connectivity index (χ2n) is 3.68. The van der Waals surface area contributed by atoms with E-state index in [1.165, 1.54) is 7.11 Å². The number of methoxy groups -OCH3 is 1. The number of nitrogens with one attached hydrogen (secondary N) is 1. The summed E-state index contributed by atoms with van der Waals surface area (Å²) in [4.78, 5) is 22.0. The second-order valence-corrected chi connectivity index (χ2v) is 4.11. The van der Waals surface area contributed by atoms with Crippen LogP contribution in [0.2, 0.25) is 5.02 Å². The number of ether oxygens (including phenoxy) is 1. The van der Waals surface area contributed by atoms with Gasteiger partial charge in [0, 0.05) is 11.6 Å². The number of hydrogen-bond acceptors (Lipinski definition) is 4. The second kappa shape index (κ2) is 6.98. The van der Waals surface area contributed by atoms with Gasteiger partial charge < -0.3 is 9.84 Å². The highest BCUT2D eigenvalue weighted by Crippen LogP contribution is 2.09. The van der Waals surface area contributed by atoms with Gasteiger partial charge in [-0.2, -0.15) is 0 Å². The van der Waals surface area contributed by atoms with Crippen LogP contribution < -0.4 is 5.32 Å².